The maximum absolute atomic E-state index is 5.29. The van der Waals surface area contributed by atoms with E-state index in [4.69, 9.17) is 5.84 Å². The number of nitrogens with one attached hydrogen (secondary N) is 1. The lowest BCUT2D eigenvalue weighted by molar-refractivity contribution is 0.957. The first-order chi connectivity index (χ1) is 7.28. The van der Waals surface area contributed by atoms with Gasteiger partial charge in [-0.3, -0.25) is 0 Å². The summed E-state index contributed by atoms with van der Waals surface area (Å²) in [7, 11) is 0. The standard InChI is InChI=1S/C7H8N6S2/c1-4-10-5(12-8)2-6(11-4)15-7-13-9-3-14-7/h2-3H,8H2,1H3,(H,10,11,12). The molecule has 8 heteroatoms. The summed E-state index contributed by atoms with van der Waals surface area (Å²) in [6.45, 7) is 1.81. The first-order valence-corrected chi connectivity index (χ1v) is 5.74. The van der Waals surface area contributed by atoms with Crippen LogP contribution in [0.15, 0.2) is 20.9 Å². The summed E-state index contributed by atoms with van der Waals surface area (Å²) >= 11 is 2.90. The largest absolute Gasteiger partial charge is 0.308 e. The number of hydrogen-bond acceptors (Lipinski definition) is 8. The SMILES string of the molecule is Cc1nc(NN)cc(Sc2nncs2)n1. The molecule has 2 aromatic rings. The topological polar surface area (TPSA) is 89.6 Å². The van der Waals surface area contributed by atoms with E-state index >= 15 is 0 Å². The van der Waals surface area contributed by atoms with Gasteiger partial charge in [-0.05, 0) is 18.7 Å². The number of rotatable bonds is 3. The van der Waals surface area contributed by atoms with Crippen molar-refractivity contribution in [1.29, 1.82) is 0 Å². The number of nitrogens with zero attached hydrogens (tertiary/aromatic N) is 4. The summed E-state index contributed by atoms with van der Waals surface area (Å²) in [4.78, 5) is 8.34. The lowest BCUT2D eigenvalue weighted by atomic mass is 10.5. The van der Waals surface area contributed by atoms with Crippen LogP contribution in [0.3, 0.4) is 0 Å². The molecule has 0 bridgehead atoms. The van der Waals surface area contributed by atoms with Crippen molar-refractivity contribution in [2.24, 2.45) is 5.84 Å². The monoisotopic (exact) mass is 240 g/mol. The van der Waals surface area contributed by atoms with Crippen LogP contribution in [0, 0.1) is 6.92 Å². The van der Waals surface area contributed by atoms with Crippen LogP contribution in [0.4, 0.5) is 5.82 Å². The molecule has 78 valence electrons. The van der Waals surface area contributed by atoms with E-state index < -0.39 is 0 Å². The first kappa shape index (κ1) is 10.3. The number of nitrogens with two attached hydrogens (primary N) is 1. The molecule has 0 amide bonds. The van der Waals surface area contributed by atoms with Gasteiger partial charge in [-0.1, -0.05) is 11.3 Å². The Morgan fingerprint density at radius 2 is 2.33 bits per heavy atom. The van der Waals surface area contributed by atoms with Gasteiger partial charge in [-0.25, -0.2) is 15.8 Å². The predicted octanol–water partition coefficient (Wildman–Crippen LogP) is 1.07. The fraction of sp³-hybridized carbons (Fsp3) is 0.143. The van der Waals surface area contributed by atoms with Gasteiger partial charge in [-0.2, -0.15) is 0 Å². The van der Waals surface area contributed by atoms with Crippen molar-refractivity contribution in [3.8, 4) is 0 Å². The molecule has 2 aromatic heterocycles. The maximum atomic E-state index is 5.29. The van der Waals surface area contributed by atoms with Gasteiger partial charge in [0.25, 0.3) is 0 Å². The zero-order valence-corrected chi connectivity index (χ0v) is 9.47. The Bertz CT molecular complexity index is 443. The molecule has 0 saturated heterocycles. The van der Waals surface area contributed by atoms with Gasteiger partial charge < -0.3 is 5.43 Å². The Morgan fingerprint density at radius 1 is 1.47 bits per heavy atom. The summed E-state index contributed by atoms with van der Waals surface area (Å²) in [5.41, 5.74) is 4.17. The molecule has 6 nitrogen and oxygen atoms in total. The highest BCUT2D eigenvalue weighted by molar-refractivity contribution is 8.00. The molecule has 0 unspecified atom stereocenters. The minimum atomic E-state index is 0.592. The van der Waals surface area contributed by atoms with Gasteiger partial charge >= 0.3 is 0 Å². The molecular formula is C7H8N6S2. The summed E-state index contributed by atoms with van der Waals surface area (Å²) in [5, 5.41) is 8.46. The van der Waals surface area contributed by atoms with E-state index in [0.29, 0.717) is 11.6 Å². The van der Waals surface area contributed by atoms with E-state index in [2.05, 4.69) is 25.6 Å². The first-order valence-electron chi connectivity index (χ1n) is 4.04. The lowest BCUT2D eigenvalue weighted by Crippen LogP contribution is -2.09. The molecule has 0 radical (unpaired) electrons. The van der Waals surface area contributed by atoms with Gasteiger partial charge in [0.2, 0.25) is 0 Å². The lowest BCUT2D eigenvalue weighted by Gasteiger charge is -2.02. The number of anilines is 1. The normalized spacial score (nSPS) is 10.3. The van der Waals surface area contributed by atoms with E-state index in [9.17, 15) is 0 Å². The van der Waals surface area contributed by atoms with Crippen molar-refractivity contribution in [3.63, 3.8) is 0 Å². The molecule has 2 rings (SSSR count). The van der Waals surface area contributed by atoms with Crippen LogP contribution >= 0.6 is 23.1 Å². The molecule has 0 aliphatic carbocycles. The zero-order chi connectivity index (χ0) is 10.7. The van der Waals surface area contributed by atoms with E-state index in [-0.39, 0.29) is 0 Å². The quantitative estimate of drug-likeness (QED) is 0.471. The van der Waals surface area contributed by atoms with Gasteiger partial charge in [0.05, 0.1) is 0 Å². The fourth-order valence-electron chi connectivity index (χ4n) is 0.963. The van der Waals surface area contributed by atoms with Crippen molar-refractivity contribution in [3.05, 3.63) is 17.4 Å². The molecule has 0 spiro atoms. The van der Waals surface area contributed by atoms with Crippen LogP contribution in [-0.4, -0.2) is 20.2 Å². The Morgan fingerprint density at radius 3 is 3.00 bits per heavy atom. The molecule has 15 heavy (non-hydrogen) atoms. The van der Waals surface area contributed by atoms with E-state index in [1.54, 1.807) is 11.6 Å². The Labute approximate surface area is 94.3 Å². The second-order valence-corrected chi connectivity index (χ2v) is 4.69. The van der Waals surface area contributed by atoms with Crippen molar-refractivity contribution in [2.75, 3.05) is 5.43 Å². The van der Waals surface area contributed by atoms with Crippen LogP contribution in [0.5, 0.6) is 0 Å². The third-order valence-corrected chi connectivity index (χ3v) is 3.19. The molecule has 0 fully saturated rings. The Kier molecular flexibility index (Phi) is 3.09. The third-order valence-electron chi connectivity index (χ3n) is 1.49. The Hall–Kier alpha value is -1.25. The number of aromatic nitrogens is 4. The molecule has 0 aliphatic heterocycles. The highest BCUT2D eigenvalue weighted by Gasteiger charge is 2.05. The highest BCUT2D eigenvalue weighted by atomic mass is 32.2. The summed E-state index contributed by atoms with van der Waals surface area (Å²) in [6.07, 6.45) is 0. The maximum Gasteiger partial charge on any atom is 0.180 e. The van der Waals surface area contributed by atoms with Crippen molar-refractivity contribution >= 4 is 28.9 Å². The second kappa shape index (κ2) is 4.51. The van der Waals surface area contributed by atoms with E-state index in [0.717, 1.165) is 9.37 Å². The number of hydrazine groups is 1. The average molecular weight is 240 g/mol. The van der Waals surface area contributed by atoms with Crippen molar-refractivity contribution < 1.29 is 0 Å². The van der Waals surface area contributed by atoms with Crippen LogP contribution < -0.4 is 11.3 Å². The second-order valence-electron chi connectivity index (χ2n) is 2.59. The predicted molar refractivity (Wildman–Crippen MR) is 58.6 cm³/mol. The molecule has 0 aromatic carbocycles. The van der Waals surface area contributed by atoms with Crippen LogP contribution in [0.25, 0.3) is 0 Å². The zero-order valence-electron chi connectivity index (χ0n) is 7.84. The molecular weight excluding hydrogens is 232 g/mol. The molecule has 0 saturated carbocycles. The molecule has 0 atom stereocenters. The van der Waals surface area contributed by atoms with Crippen LogP contribution in [-0.2, 0) is 0 Å². The number of aryl methyl sites for hydroxylation is 1. The van der Waals surface area contributed by atoms with Crippen LogP contribution in [0.2, 0.25) is 0 Å². The van der Waals surface area contributed by atoms with Gasteiger partial charge in [-0.15, -0.1) is 10.2 Å². The summed E-state index contributed by atoms with van der Waals surface area (Å²) in [6, 6.07) is 1.76. The summed E-state index contributed by atoms with van der Waals surface area (Å²) in [5.74, 6) is 6.54. The van der Waals surface area contributed by atoms with Gasteiger partial charge in [0, 0.05) is 6.07 Å². The summed E-state index contributed by atoms with van der Waals surface area (Å²) < 4.78 is 0.844. The number of nitrogen functional groups attached to an aromatic ring is 1. The van der Waals surface area contributed by atoms with Gasteiger partial charge in [0.15, 0.2) is 4.34 Å². The minimum absolute atomic E-state index is 0.592. The molecule has 3 N–H and O–H groups in total. The van der Waals surface area contributed by atoms with Crippen molar-refractivity contribution in [1.82, 2.24) is 20.2 Å². The molecule has 0 aliphatic rings. The van der Waals surface area contributed by atoms with E-state index in [1.807, 2.05) is 6.92 Å². The number of hydrogen-bond donors (Lipinski definition) is 2. The average Bonchev–Trinajstić information content (AvgIpc) is 2.69. The minimum Gasteiger partial charge on any atom is -0.308 e. The molecule has 2 heterocycles. The smallest absolute Gasteiger partial charge is 0.180 e. The fourth-order valence-corrected chi connectivity index (χ4v) is 2.43. The van der Waals surface area contributed by atoms with Gasteiger partial charge in [0.1, 0.15) is 22.2 Å². The van der Waals surface area contributed by atoms with Crippen molar-refractivity contribution in [2.45, 2.75) is 16.3 Å². The highest BCUT2D eigenvalue weighted by Crippen LogP contribution is 2.27. The van der Waals surface area contributed by atoms with Crippen LogP contribution in [0.1, 0.15) is 5.82 Å². The Balaban J connectivity index is 2.24. The third kappa shape index (κ3) is 2.61. The van der Waals surface area contributed by atoms with E-state index in [1.165, 1.54) is 23.1 Å².